The average Bonchev–Trinajstić information content (AvgIpc) is 3.30. The van der Waals surface area contributed by atoms with Crippen molar-refractivity contribution in [3.05, 3.63) is 29.1 Å². The Balaban J connectivity index is 0.000000941. The number of thiazole rings is 1. The number of anilines is 1. The first kappa shape index (κ1) is 22.2. The van der Waals surface area contributed by atoms with E-state index in [-0.39, 0.29) is 19.0 Å². The van der Waals surface area contributed by atoms with Gasteiger partial charge in [0, 0.05) is 10.4 Å². The van der Waals surface area contributed by atoms with Crippen LogP contribution in [0.3, 0.4) is 0 Å². The van der Waals surface area contributed by atoms with E-state index in [4.69, 9.17) is 19.4 Å². The van der Waals surface area contributed by atoms with E-state index in [0.717, 1.165) is 34.7 Å². The number of nitrogens with one attached hydrogen (secondary N) is 2. The normalized spacial score (nSPS) is 14.8. The summed E-state index contributed by atoms with van der Waals surface area (Å²) in [6, 6.07) is 7.08. The van der Waals surface area contributed by atoms with Gasteiger partial charge in [0.1, 0.15) is 18.4 Å². The van der Waals surface area contributed by atoms with Crippen LogP contribution in [0, 0.1) is 0 Å². The van der Waals surface area contributed by atoms with Crippen molar-refractivity contribution < 1.29 is 29.0 Å². The zero-order valence-corrected chi connectivity index (χ0v) is 17.0. The molecule has 2 amide bonds. The Bertz CT molecular complexity index is 837. The van der Waals surface area contributed by atoms with Crippen LogP contribution in [0.15, 0.2) is 24.3 Å². The summed E-state index contributed by atoms with van der Waals surface area (Å²) in [7, 11) is 0. The molecule has 3 N–H and O–H groups in total. The van der Waals surface area contributed by atoms with E-state index in [1.165, 1.54) is 11.3 Å². The monoisotopic (exact) mass is 421 g/mol. The number of carbonyl (C=O) groups excluding carboxylic acids is 2. The fraction of sp³-hybridized carbons (Fsp3) is 0.368. The van der Waals surface area contributed by atoms with Crippen LogP contribution >= 0.6 is 11.3 Å². The number of alkyl carbamates (subject to hydrolysis) is 1. The Labute approximate surface area is 172 Å². The third-order valence-electron chi connectivity index (χ3n) is 3.83. The fourth-order valence-corrected chi connectivity index (χ4v) is 3.71. The predicted octanol–water partition coefficient (Wildman–Crippen LogP) is 2.91. The van der Waals surface area contributed by atoms with Crippen LogP contribution in [-0.4, -0.2) is 47.8 Å². The zero-order valence-electron chi connectivity index (χ0n) is 16.1. The van der Waals surface area contributed by atoms with Gasteiger partial charge in [0.05, 0.1) is 12.3 Å². The number of cyclic esters (lactones) is 1. The van der Waals surface area contributed by atoms with E-state index in [0.29, 0.717) is 11.7 Å². The van der Waals surface area contributed by atoms with Crippen LogP contribution in [0.1, 0.15) is 25.1 Å². The van der Waals surface area contributed by atoms with Gasteiger partial charge in [-0.1, -0.05) is 13.3 Å². The molecular formula is C19H23N3O6S. The molecular weight excluding hydrogens is 398 g/mol. The number of nitrogens with zero attached hydrogens (tertiary/aromatic N) is 1. The number of carbonyl (C=O) groups is 3. The second kappa shape index (κ2) is 11.0. The average molecular weight is 421 g/mol. The summed E-state index contributed by atoms with van der Waals surface area (Å²) in [5, 5.41) is 12.6. The molecule has 0 bridgehead atoms. The van der Waals surface area contributed by atoms with Crippen molar-refractivity contribution in [1.82, 2.24) is 10.3 Å². The first-order valence-corrected chi connectivity index (χ1v) is 9.88. The van der Waals surface area contributed by atoms with E-state index in [2.05, 4.69) is 22.5 Å². The van der Waals surface area contributed by atoms with Gasteiger partial charge in [-0.2, -0.15) is 0 Å². The molecule has 1 aromatic carbocycles. The molecule has 1 atom stereocenters. The Hall–Kier alpha value is -3.14. The fourth-order valence-electron chi connectivity index (χ4n) is 2.62. The van der Waals surface area contributed by atoms with Crippen LogP contribution in [0.25, 0.3) is 11.3 Å². The van der Waals surface area contributed by atoms with Crippen molar-refractivity contribution >= 4 is 34.9 Å². The van der Waals surface area contributed by atoms with E-state index < -0.39 is 12.1 Å². The van der Waals surface area contributed by atoms with Gasteiger partial charge in [-0.3, -0.25) is 9.59 Å². The zero-order chi connectivity index (χ0) is 21.2. The predicted molar refractivity (Wildman–Crippen MR) is 108 cm³/mol. The minimum absolute atomic E-state index is 0.0314. The lowest BCUT2D eigenvalue weighted by atomic mass is 10.1. The number of ether oxygens (including phenoxy) is 2. The van der Waals surface area contributed by atoms with Crippen LogP contribution in [-0.2, 0) is 20.7 Å². The molecule has 0 spiro atoms. The van der Waals surface area contributed by atoms with Gasteiger partial charge >= 0.3 is 6.09 Å². The van der Waals surface area contributed by atoms with Gasteiger partial charge in [-0.15, -0.1) is 11.3 Å². The lowest BCUT2D eigenvalue weighted by Crippen LogP contribution is -2.38. The first-order valence-electron chi connectivity index (χ1n) is 9.07. The molecule has 2 aromatic rings. The highest BCUT2D eigenvalue weighted by molar-refractivity contribution is 7.16. The molecule has 0 radical (unpaired) electrons. The van der Waals surface area contributed by atoms with Crippen LogP contribution in [0.4, 0.5) is 9.93 Å². The Morgan fingerprint density at radius 2 is 2.10 bits per heavy atom. The summed E-state index contributed by atoms with van der Waals surface area (Å²) < 4.78 is 10.2. The highest BCUT2D eigenvalue weighted by atomic mass is 32.1. The maximum atomic E-state index is 12.2. The molecule has 1 fully saturated rings. The molecule has 3 rings (SSSR count). The van der Waals surface area contributed by atoms with Crippen molar-refractivity contribution in [2.45, 2.75) is 32.7 Å². The van der Waals surface area contributed by atoms with Gasteiger partial charge in [-0.05, 0) is 37.6 Å². The van der Waals surface area contributed by atoms with Crippen molar-refractivity contribution in [1.29, 1.82) is 0 Å². The van der Waals surface area contributed by atoms with Crippen molar-refractivity contribution in [2.75, 3.05) is 18.5 Å². The lowest BCUT2D eigenvalue weighted by Gasteiger charge is -2.06. The number of hydrogen-bond donors (Lipinski definition) is 3. The summed E-state index contributed by atoms with van der Waals surface area (Å²) in [4.78, 5) is 37.4. The Morgan fingerprint density at radius 3 is 2.66 bits per heavy atom. The van der Waals surface area contributed by atoms with Gasteiger partial charge < -0.3 is 25.2 Å². The first-order chi connectivity index (χ1) is 14.0. The minimum atomic E-state index is -0.685. The summed E-state index contributed by atoms with van der Waals surface area (Å²) >= 11 is 1.45. The highest BCUT2D eigenvalue weighted by Gasteiger charge is 2.29. The van der Waals surface area contributed by atoms with E-state index >= 15 is 0 Å². The maximum Gasteiger partial charge on any atom is 0.407 e. The van der Waals surface area contributed by atoms with Crippen LogP contribution < -0.4 is 15.4 Å². The number of aryl methyl sites for hydroxylation is 1. The van der Waals surface area contributed by atoms with Crippen molar-refractivity contribution in [2.24, 2.45) is 0 Å². The molecule has 0 unspecified atom stereocenters. The SMILES string of the molecule is CCCc1sc(NC(=O)[C@@H]2COC(=O)N2)nc1-c1ccc(OCC)cc1.O=CO. The van der Waals surface area contributed by atoms with E-state index in [1.54, 1.807) is 0 Å². The lowest BCUT2D eigenvalue weighted by molar-refractivity contribution is -0.123. The molecule has 0 saturated carbocycles. The number of benzene rings is 1. The molecule has 1 aliphatic rings. The molecule has 0 aliphatic carbocycles. The third-order valence-corrected chi connectivity index (χ3v) is 4.86. The molecule has 1 aromatic heterocycles. The number of carboxylic acid groups (broad SMARTS) is 1. The third kappa shape index (κ3) is 6.18. The highest BCUT2D eigenvalue weighted by Crippen LogP contribution is 2.33. The standard InChI is InChI=1S/C18H21N3O4S.CH2O2/c1-3-5-14-15(11-6-8-12(9-7-11)24-4-2)20-17(26-14)21-16(22)13-10-25-18(23)19-13;2-1-3/h6-9,13H,3-5,10H2,1-2H3,(H,19,23)(H,20,21,22);1H,(H,2,3)/t13-;/m0./s1. The molecule has 29 heavy (non-hydrogen) atoms. The number of hydrogen-bond acceptors (Lipinski definition) is 7. The summed E-state index contributed by atoms with van der Waals surface area (Å²) in [6.07, 6.45) is 1.27. The summed E-state index contributed by atoms with van der Waals surface area (Å²) in [6.45, 7) is 4.45. The molecule has 1 aliphatic heterocycles. The van der Waals surface area contributed by atoms with Crippen molar-refractivity contribution in [3.63, 3.8) is 0 Å². The number of aromatic nitrogens is 1. The topological polar surface area (TPSA) is 127 Å². The molecule has 10 heteroatoms. The van der Waals surface area contributed by atoms with Gasteiger partial charge in [-0.25, -0.2) is 9.78 Å². The van der Waals surface area contributed by atoms with E-state index in [1.807, 2.05) is 31.2 Å². The summed E-state index contributed by atoms with van der Waals surface area (Å²) in [5.74, 6) is 0.486. The quantitative estimate of drug-likeness (QED) is 0.587. The second-order valence-electron chi connectivity index (χ2n) is 5.89. The maximum absolute atomic E-state index is 12.2. The Kier molecular flexibility index (Phi) is 8.41. The molecule has 2 heterocycles. The second-order valence-corrected chi connectivity index (χ2v) is 6.97. The number of rotatable bonds is 7. The number of amides is 2. The van der Waals surface area contributed by atoms with Gasteiger partial charge in [0.25, 0.3) is 12.4 Å². The molecule has 156 valence electrons. The van der Waals surface area contributed by atoms with Gasteiger partial charge in [0.2, 0.25) is 0 Å². The summed E-state index contributed by atoms with van der Waals surface area (Å²) in [5.41, 5.74) is 1.84. The largest absolute Gasteiger partial charge is 0.494 e. The molecule has 9 nitrogen and oxygen atoms in total. The molecule has 1 saturated heterocycles. The van der Waals surface area contributed by atoms with Crippen LogP contribution in [0.5, 0.6) is 5.75 Å². The smallest absolute Gasteiger partial charge is 0.407 e. The van der Waals surface area contributed by atoms with Crippen molar-refractivity contribution in [3.8, 4) is 17.0 Å². The Morgan fingerprint density at radius 1 is 1.41 bits per heavy atom. The van der Waals surface area contributed by atoms with Gasteiger partial charge in [0.15, 0.2) is 5.13 Å². The van der Waals surface area contributed by atoms with E-state index in [9.17, 15) is 9.59 Å². The minimum Gasteiger partial charge on any atom is -0.494 e. The van der Waals surface area contributed by atoms with Crippen LogP contribution in [0.2, 0.25) is 0 Å².